The Hall–Kier alpha value is -3.04. The Bertz CT molecular complexity index is 805. The average molecular weight is 406 g/mol. The highest BCUT2D eigenvalue weighted by atomic mass is 16.4. The summed E-state index contributed by atoms with van der Waals surface area (Å²) in [5.41, 5.74) is 0.481. The molecule has 0 spiro atoms. The zero-order valence-electron chi connectivity index (χ0n) is 16.4. The number of aliphatic carboxylic acids is 1. The summed E-state index contributed by atoms with van der Waals surface area (Å²) in [6, 6.07) is 6.31. The van der Waals surface area contributed by atoms with Gasteiger partial charge in [-0.25, -0.2) is 14.1 Å². The lowest BCUT2D eigenvalue weighted by atomic mass is 10.0. The van der Waals surface area contributed by atoms with Gasteiger partial charge in [0.2, 0.25) is 5.91 Å². The molecule has 1 aliphatic rings. The Morgan fingerprint density at radius 2 is 1.83 bits per heavy atom. The monoisotopic (exact) mass is 406 g/mol. The van der Waals surface area contributed by atoms with E-state index < -0.39 is 17.8 Å². The molecule has 5 N–H and O–H groups in total. The van der Waals surface area contributed by atoms with Crippen LogP contribution in [0.2, 0.25) is 0 Å². The number of benzene rings is 1. The van der Waals surface area contributed by atoms with Gasteiger partial charge in [0.1, 0.15) is 6.20 Å². The highest BCUT2D eigenvalue weighted by molar-refractivity contribution is 5.92. The molecule has 1 aliphatic heterocycles. The molecule has 0 radical (unpaired) electrons. The number of rotatable bonds is 11. The lowest BCUT2D eigenvalue weighted by Crippen LogP contribution is -2.45. The second kappa shape index (κ2) is 11.1. The SMILES string of the molecule is CCCCCC[N+]1(CC(=O)O)C=NC(NC(=O)Cc2ccccc2C(=O)O)=C1.O. The van der Waals surface area contributed by atoms with Crippen LogP contribution in [0, 0.1) is 0 Å². The van der Waals surface area contributed by atoms with Gasteiger partial charge in [0.15, 0.2) is 18.7 Å². The van der Waals surface area contributed by atoms with Crippen LogP contribution in [-0.4, -0.2) is 57.4 Å². The minimum absolute atomic E-state index is 0. The van der Waals surface area contributed by atoms with E-state index in [1.165, 1.54) is 6.07 Å². The van der Waals surface area contributed by atoms with Gasteiger partial charge >= 0.3 is 11.9 Å². The van der Waals surface area contributed by atoms with Gasteiger partial charge in [-0.15, -0.1) is 0 Å². The number of unbranched alkanes of at least 4 members (excludes halogenated alkanes) is 3. The van der Waals surface area contributed by atoms with Crippen LogP contribution in [0.5, 0.6) is 0 Å². The Kier molecular flexibility index (Phi) is 9.17. The first-order valence-corrected chi connectivity index (χ1v) is 9.32. The molecule has 0 aliphatic carbocycles. The van der Waals surface area contributed by atoms with Crippen molar-refractivity contribution in [3.8, 4) is 0 Å². The van der Waals surface area contributed by atoms with E-state index in [-0.39, 0.29) is 34.3 Å². The number of nitrogens with zero attached hydrogens (tertiary/aromatic N) is 2. The molecule has 1 amide bonds. The third-order valence-electron chi connectivity index (χ3n) is 4.53. The molecule has 1 aromatic carbocycles. The van der Waals surface area contributed by atoms with Crippen LogP contribution in [0.1, 0.15) is 48.5 Å². The normalized spacial score (nSPS) is 17.3. The number of aromatic carboxylic acids is 1. The van der Waals surface area contributed by atoms with Gasteiger partial charge in [-0.2, -0.15) is 4.99 Å². The fourth-order valence-electron chi connectivity index (χ4n) is 3.17. The van der Waals surface area contributed by atoms with Crippen LogP contribution < -0.4 is 5.32 Å². The molecule has 158 valence electrons. The van der Waals surface area contributed by atoms with Crippen molar-refractivity contribution in [1.29, 1.82) is 0 Å². The molecular weight excluding hydrogens is 378 g/mol. The summed E-state index contributed by atoms with van der Waals surface area (Å²) in [6.45, 7) is 2.56. The number of carbonyl (C=O) groups is 3. The Labute approximate surface area is 169 Å². The molecule has 1 atom stereocenters. The number of carboxylic acids is 2. The van der Waals surface area contributed by atoms with E-state index in [2.05, 4.69) is 17.2 Å². The van der Waals surface area contributed by atoms with E-state index in [0.717, 1.165) is 25.7 Å². The van der Waals surface area contributed by atoms with E-state index in [4.69, 9.17) is 0 Å². The highest BCUT2D eigenvalue weighted by Crippen LogP contribution is 2.18. The molecule has 9 nitrogen and oxygen atoms in total. The van der Waals surface area contributed by atoms with Crippen molar-refractivity contribution in [3.05, 3.63) is 47.4 Å². The molecule has 0 fully saturated rings. The van der Waals surface area contributed by atoms with E-state index in [9.17, 15) is 24.6 Å². The molecule has 2 rings (SSSR count). The van der Waals surface area contributed by atoms with Gasteiger partial charge < -0.3 is 21.0 Å². The summed E-state index contributed by atoms with van der Waals surface area (Å²) in [5.74, 6) is -2.15. The van der Waals surface area contributed by atoms with Crippen molar-refractivity contribution in [2.45, 2.75) is 39.0 Å². The first-order valence-electron chi connectivity index (χ1n) is 9.32. The molecule has 0 bridgehead atoms. The summed E-state index contributed by atoms with van der Waals surface area (Å²) in [5, 5.41) is 21.1. The van der Waals surface area contributed by atoms with Crippen molar-refractivity contribution in [2.24, 2.45) is 4.99 Å². The molecule has 9 heteroatoms. The number of carbonyl (C=O) groups excluding carboxylic acids is 1. The van der Waals surface area contributed by atoms with Crippen molar-refractivity contribution in [1.82, 2.24) is 5.32 Å². The van der Waals surface area contributed by atoms with Crippen LogP contribution in [0.15, 0.2) is 41.3 Å². The molecule has 1 unspecified atom stereocenters. The first kappa shape index (κ1) is 24.0. The molecule has 0 aromatic heterocycles. The quantitative estimate of drug-likeness (QED) is 0.377. The molecule has 1 aromatic rings. The summed E-state index contributed by atoms with van der Waals surface area (Å²) >= 11 is 0. The van der Waals surface area contributed by atoms with Crippen LogP contribution in [0.25, 0.3) is 0 Å². The van der Waals surface area contributed by atoms with Crippen LogP contribution in [-0.2, 0) is 16.0 Å². The summed E-state index contributed by atoms with van der Waals surface area (Å²) in [6.07, 6.45) is 7.11. The maximum atomic E-state index is 12.3. The summed E-state index contributed by atoms with van der Waals surface area (Å²) < 4.78 is 0.0559. The van der Waals surface area contributed by atoms with E-state index >= 15 is 0 Å². The van der Waals surface area contributed by atoms with E-state index in [1.807, 2.05) is 0 Å². The van der Waals surface area contributed by atoms with E-state index in [0.29, 0.717) is 12.1 Å². The largest absolute Gasteiger partial charge is 0.478 e. The third kappa shape index (κ3) is 7.13. The second-order valence-electron chi connectivity index (χ2n) is 6.89. The molecule has 29 heavy (non-hydrogen) atoms. The Morgan fingerprint density at radius 1 is 1.10 bits per heavy atom. The van der Waals surface area contributed by atoms with Crippen molar-refractivity contribution < 1.29 is 34.6 Å². The summed E-state index contributed by atoms with van der Waals surface area (Å²) in [4.78, 5) is 39.0. The molecule has 1 heterocycles. The lowest BCUT2D eigenvalue weighted by Gasteiger charge is -2.25. The summed E-state index contributed by atoms with van der Waals surface area (Å²) in [7, 11) is 0. The van der Waals surface area contributed by atoms with Crippen molar-refractivity contribution in [2.75, 3.05) is 13.1 Å². The predicted octanol–water partition coefficient (Wildman–Crippen LogP) is 1.54. The molecule has 0 saturated carbocycles. The number of aliphatic imine (C=N–C) groups is 1. The smallest absolute Gasteiger partial charge is 0.360 e. The first-order chi connectivity index (χ1) is 13.3. The standard InChI is InChI=1S/C20H25N3O5.H2O/c1-2-3-4-7-10-23(13-19(25)26)12-17(21-14-23)22-18(24)11-15-8-5-6-9-16(15)20(27)28;/h5-6,8-9,12,14H,2-4,7,10-11,13H2,1H3,(H2-,22,24,25,26,27,28);1H2/p+1. The zero-order valence-corrected chi connectivity index (χ0v) is 16.4. The van der Waals surface area contributed by atoms with Gasteiger partial charge in [-0.05, 0) is 24.5 Å². The van der Waals surface area contributed by atoms with Gasteiger partial charge in [0.05, 0.1) is 18.5 Å². The van der Waals surface area contributed by atoms with Gasteiger partial charge in [0.25, 0.3) is 0 Å². The highest BCUT2D eigenvalue weighted by Gasteiger charge is 2.32. The molecular formula is C20H28N3O6+. The number of nitrogens with one attached hydrogen (secondary N) is 1. The number of hydrogen-bond donors (Lipinski definition) is 3. The van der Waals surface area contributed by atoms with Gasteiger partial charge in [-0.3, -0.25) is 4.79 Å². The van der Waals surface area contributed by atoms with Crippen molar-refractivity contribution in [3.63, 3.8) is 0 Å². The maximum absolute atomic E-state index is 12.3. The van der Waals surface area contributed by atoms with Crippen LogP contribution in [0.3, 0.4) is 0 Å². The maximum Gasteiger partial charge on any atom is 0.360 e. The van der Waals surface area contributed by atoms with E-state index in [1.54, 1.807) is 30.7 Å². The minimum Gasteiger partial charge on any atom is -0.478 e. The fourth-order valence-corrected chi connectivity index (χ4v) is 3.17. The number of hydrogen-bond acceptors (Lipinski definition) is 4. The van der Waals surface area contributed by atoms with Gasteiger partial charge in [0, 0.05) is 0 Å². The minimum atomic E-state index is -1.09. The zero-order chi connectivity index (χ0) is 20.6. The number of quaternary nitrogens is 1. The molecule has 0 saturated heterocycles. The number of amides is 1. The fraction of sp³-hybridized carbons (Fsp3) is 0.400. The predicted molar refractivity (Wildman–Crippen MR) is 107 cm³/mol. The van der Waals surface area contributed by atoms with Crippen LogP contribution in [0.4, 0.5) is 0 Å². The van der Waals surface area contributed by atoms with Crippen molar-refractivity contribution >= 4 is 24.2 Å². The Balaban J connectivity index is 0.00000420. The third-order valence-corrected chi connectivity index (χ3v) is 4.53. The topological polar surface area (TPSA) is 148 Å². The van der Waals surface area contributed by atoms with Gasteiger partial charge in [-0.1, -0.05) is 38.0 Å². The second-order valence-corrected chi connectivity index (χ2v) is 6.89. The Morgan fingerprint density at radius 3 is 2.48 bits per heavy atom. The van der Waals surface area contributed by atoms with Crippen LogP contribution >= 0.6 is 0 Å². The average Bonchev–Trinajstić information content (AvgIpc) is 3.00. The number of carboxylic acid groups (broad SMARTS) is 2. The lowest BCUT2D eigenvalue weighted by molar-refractivity contribution is -0.771.